The fourth-order valence-corrected chi connectivity index (χ4v) is 2.47. The molecular weight excluding hydrogens is 236 g/mol. The van der Waals surface area contributed by atoms with Crippen LogP contribution in [0.25, 0.3) is 0 Å². The lowest BCUT2D eigenvalue weighted by Crippen LogP contribution is -2.27. The summed E-state index contributed by atoms with van der Waals surface area (Å²) in [6, 6.07) is 16.4. The van der Waals surface area contributed by atoms with Crippen molar-refractivity contribution in [3.8, 4) is 0 Å². The highest BCUT2D eigenvalue weighted by Gasteiger charge is 2.22. The highest BCUT2D eigenvalue weighted by Crippen LogP contribution is 2.30. The first-order valence-electron chi connectivity index (χ1n) is 6.43. The second-order valence-corrected chi connectivity index (χ2v) is 4.86. The highest BCUT2D eigenvalue weighted by atomic mass is 16.1. The Kier molecular flexibility index (Phi) is 3.05. The van der Waals surface area contributed by atoms with Crippen molar-refractivity contribution in [2.24, 2.45) is 0 Å². The number of rotatable bonds is 1. The first kappa shape index (κ1) is 11.9. The number of nitrogens with one attached hydrogen (secondary N) is 2. The van der Waals surface area contributed by atoms with Crippen LogP contribution in [0.4, 0.5) is 5.69 Å². The van der Waals surface area contributed by atoms with E-state index in [0.29, 0.717) is 6.54 Å². The zero-order chi connectivity index (χ0) is 13.2. The average Bonchev–Trinajstić information content (AvgIpc) is 2.57. The van der Waals surface area contributed by atoms with E-state index in [0.717, 1.165) is 16.8 Å². The number of carbonyl (C=O) groups excluding carboxylic acids is 1. The normalized spacial score (nSPS) is 18.4. The van der Waals surface area contributed by atoms with Gasteiger partial charge >= 0.3 is 0 Å². The van der Waals surface area contributed by atoms with Gasteiger partial charge in [0.25, 0.3) is 0 Å². The van der Waals surface area contributed by atoms with Crippen molar-refractivity contribution < 1.29 is 4.79 Å². The van der Waals surface area contributed by atoms with Crippen molar-refractivity contribution in [3.05, 3.63) is 65.2 Å². The molecule has 1 heterocycles. The van der Waals surface area contributed by atoms with Crippen LogP contribution >= 0.6 is 0 Å². The van der Waals surface area contributed by atoms with Gasteiger partial charge in [0, 0.05) is 5.69 Å². The number of benzene rings is 2. The molecule has 0 aliphatic carbocycles. The van der Waals surface area contributed by atoms with Crippen LogP contribution < -0.4 is 10.6 Å². The molecular formula is C16H16N2O. The van der Waals surface area contributed by atoms with E-state index >= 15 is 0 Å². The minimum Gasteiger partial charge on any atom is -0.325 e. The van der Waals surface area contributed by atoms with Crippen LogP contribution in [0.15, 0.2) is 48.5 Å². The molecule has 3 rings (SSSR count). The lowest BCUT2D eigenvalue weighted by Gasteiger charge is -2.18. The van der Waals surface area contributed by atoms with Gasteiger partial charge in [-0.05, 0) is 29.7 Å². The summed E-state index contributed by atoms with van der Waals surface area (Å²) < 4.78 is 0. The van der Waals surface area contributed by atoms with Crippen LogP contribution in [-0.4, -0.2) is 12.5 Å². The summed E-state index contributed by atoms with van der Waals surface area (Å²) in [7, 11) is 0. The van der Waals surface area contributed by atoms with E-state index < -0.39 is 0 Å². The third-order valence-electron chi connectivity index (χ3n) is 3.39. The summed E-state index contributed by atoms with van der Waals surface area (Å²) in [4.78, 5) is 11.8. The highest BCUT2D eigenvalue weighted by molar-refractivity contribution is 5.94. The molecule has 2 aromatic carbocycles. The molecule has 2 aromatic rings. The maximum Gasteiger partial charge on any atom is 0.238 e. The molecule has 1 amide bonds. The molecule has 0 spiro atoms. The first-order chi connectivity index (χ1) is 9.24. The molecule has 0 bridgehead atoms. The first-order valence-corrected chi connectivity index (χ1v) is 6.43. The standard InChI is InChI=1S/C16H16N2O/c1-11-7-8-13-14(9-11)18-15(19)10-17-16(13)12-5-3-2-4-6-12/h2-9,16-17H,10H2,1H3,(H,18,19)/t16-/m0/s1. The van der Waals surface area contributed by atoms with Gasteiger partial charge in [-0.1, -0.05) is 42.5 Å². The lowest BCUT2D eigenvalue weighted by atomic mass is 9.96. The Morgan fingerprint density at radius 2 is 1.89 bits per heavy atom. The van der Waals surface area contributed by atoms with Crippen LogP contribution in [-0.2, 0) is 4.79 Å². The quantitative estimate of drug-likeness (QED) is 0.819. The Bertz CT molecular complexity index is 607. The zero-order valence-electron chi connectivity index (χ0n) is 10.8. The Morgan fingerprint density at radius 1 is 1.11 bits per heavy atom. The second kappa shape index (κ2) is 4.86. The van der Waals surface area contributed by atoms with E-state index in [1.807, 2.05) is 31.2 Å². The van der Waals surface area contributed by atoms with E-state index in [1.165, 1.54) is 5.56 Å². The van der Waals surface area contributed by atoms with Gasteiger partial charge in [0.1, 0.15) is 0 Å². The molecule has 0 unspecified atom stereocenters. The molecule has 2 N–H and O–H groups in total. The molecule has 1 aliphatic heterocycles. The third-order valence-corrected chi connectivity index (χ3v) is 3.39. The van der Waals surface area contributed by atoms with Gasteiger partial charge in [0.05, 0.1) is 12.6 Å². The molecule has 3 nitrogen and oxygen atoms in total. The molecule has 1 aliphatic rings. The van der Waals surface area contributed by atoms with Gasteiger partial charge in [0.2, 0.25) is 5.91 Å². The maximum atomic E-state index is 11.8. The lowest BCUT2D eigenvalue weighted by molar-refractivity contribution is -0.115. The number of amides is 1. The summed E-state index contributed by atoms with van der Waals surface area (Å²) >= 11 is 0. The Morgan fingerprint density at radius 3 is 2.68 bits per heavy atom. The Labute approximate surface area is 112 Å². The minimum atomic E-state index is 0.00489. The van der Waals surface area contributed by atoms with Gasteiger partial charge in [-0.2, -0.15) is 0 Å². The van der Waals surface area contributed by atoms with E-state index in [2.05, 4.69) is 34.9 Å². The van der Waals surface area contributed by atoms with Gasteiger partial charge in [-0.15, -0.1) is 0 Å². The maximum absolute atomic E-state index is 11.8. The third kappa shape index (κ3) is 2.37. The summed E-state index contributed by atoms with van der Waals surface area (Å²) in [6.45, 7) is 2.36. The SMILES string of the molecule is Cc1ccc2c(c1)NC(=O)CN[C@H]2c1ccccc1. The average molecular weight is 252 g/mol. The van der Waals surface area contributed by atoms with Crippen molar-refractivity contribution >= 4 is 11.6 Å². The zero-order valence-corrected chi connectivity index (χ0v) is 10.8. The molecule has 19 heavy (non-hydrogen) atoms. The van der Waals surface area contributed by atoms with Crippen molar-refractivity contribution in [1.82, 2.24) is 5.32 Å². The topological polar surface area (TPSA) is 41.1 Å². The molecule has 3 heteroatoms. The fraction of sp³-hybridized carbons (Fsp3) is 0.188. The predicted octanol–water partition coefficient (Wildman–Crippen LogP) is 2.63. The smallest absolute Gasteiger partial charge is 0.238 e. The minimum absolute atomic E-state index is 0.00489. The summed E-state index contributed by atoms with van der Waals surface area (Å²) in [5.41, 5.74) is 4.34. The molecule has 0 saturated carbocycles. The summed E-state index contributed by atoms with van der Waals surface area (Å²) in [6.07, 6.45) is 0. The monoisotopic (exact) mass is 252 g/mol. The molecule has 0 radical (unpaired) electrons. The van der Waals surface area contributed by atoms with E-state index in [4.69, 9.17) is 0 Å². The number of anilines is 1. The van der Waals surface area contributed by atoms with Crippen LogP contribution in [0.1, 0.15) is 22.7 Å². The molecule has 0 fully saturated rings. The number of hydrogen-bond donors (Lipinski definition) is 2. The van der Waals surface area contributed by atoms with Gasteiger partial charge in [-0.25, -0.2) is 0 Å². The predicted molar refractivity (Wildman–Crippen MR) is 76.1 cm³/mol. The number of hydrogen-bond acceptors (Lipinski definition) is 2. The van der Waals surface area contributed by atoms with Crippen LogP contribution in [0, 0.1) is 6.92 Å². The molecule has 1 atom stereocenters. The number of carbonyl (C=O) groups is 1. The summed E-state index contributed by atoms with van der Waals surface area (Å²) in [5.74, 6) is 0.00489. The number of fused-ring (bicyclic) bond motifs is 1. The fourth-order valence-electron chi connectivity index (χ4n) is 2.47. The second-order valence-electron chi connectivity index (χ2n) is 4.86. The van der Waals surface area contributed by atoms with Gasteiger partial charge in [-0.3, -0.25) is 10.1 Å². The van der Waals surface area contributed by atoms with Crippen molar-refractivity contribution in [1.29, 1.82) is 0 Å². The summed E-state index contributed by atoms with van der Waals surface area (Å²) in [5, 5.41) is 6.27. The van der Waals surface area contributed by atoms with Crippen molar-refractivity contribution in [3.63, 3.8) is 0 Å². The van der Waals surface area contributed by atoms with E-state index in [9.17, 15) is 4.79 Å². The van der Waals surface area contributed by atoms with Crippen LogP contribution in [0.5, 0.6) is 0 Å². The van der Waals surface area contributed by atoms with Crippen molar-refractivity contribution in [2.45, 2.75) is 13.0 Å². The Balaban J connectivity index is 2.10. The van der Waals surface area contributed by atoms with Crippen LogP contribution in [0.3, 0.4) is 0 Å². The molecule has 0 saturated heterocycles. The Hall–Kier alpha value is -2.13. The van der Waals surface area contributed by atoms with Gasteiger partial charge in [0.15, 0.2) is 0 Å². The number of aryl methyl sites for hydroxylation is 1. The van der Waals surface area contributed by atoms with Crippen LogP contribution in [0.2, 0.25) is 0 Å². The molecule has 96 valence electrons. The van der Waals surface area contributed by atoms with E-state index in [-0.39, 0.29) is 11.9 Å². The van der Waals surface area contributed by atoms with Crippen molar-refractivity contribution in [2.75, 3.05) is 11.9 Å². The molecule has 0 aromatic heterocycles. The van der Waals surface area contributed by atoms with E-state index in [1.54, 1.807) is 0 Å². The largest absolute Gasteiger partial charge is 0.325 e. The van der Waals surface area contributed by atoms with Gasteiger partial charge < -0.3 is 5.32 Å².